The Hall–Kier alpha value is -2.04. The highest BCUT2D eigenvalue weighted by Crippen LogP contribution is 1.95. The van der Waals surface area contributed by atoms with Crippen molar-refractivity contribution in [3.63, 3.8) is 0 Å². The number of rotatable bonds is 1. The summed E-state index contributed by atoms with van der Waals surface area (Å²) in [6, 6.07) is 8.53. The van der Waals surface area contributed by atoms with Gasteiger partial charge in [0.25, 0.3) is 0 Å². The number of carboxylic acids is 1. The van der Waals surface area contributed by atoms with E-state index in [4.69, 9.17) is 15.3 Å². The molecular formula is C8H12N3O2+. The zero-order valence-corrected chi connectivity index (χ0v) is 6.94. The Balaban J connectivity index is 0.000000310. The number of aromatic carboxylic acids is 1. The highest BCUT2D eigenvalue weighted by atomic mass is 16.4. The molecule has 0 aliphatic heterocycles. The molecule has 0 aromatic heterocycles. The number of hydrogen-bond donors (Lipinski definition) is 4. The van der Waals surface area contributed by atoms with Crippen LogP contribution in [0.3, 0.4) is 0 Å². The lowest BCUT2D eigenvalue weighted by Crippen LogP contribution is -2.20. The van der Waals surface area contributed by atoms with Crippen LogP contribution in [0, 0.1) is 5.41 Å². The van der Waals surface area contributed by atoms with E-state index in [1.807, 2.05) is 6.07 Å². The van der Waals surface area contributed by atoms with Gasteiger partial charge < -0.3 is 21.4 Å². The molecule has 0 aliphatic carbocycles. The maximum absolute atomic E-state index is 8.50. The molecule has 1 aromatic rings. The zero-order chi connectivity index (χ0) is 10.3. The van der Waals surface area contributed by atoms with Gasteiger partial charge in [0.1, 0.15) is 5.56 Å². The number of benzene rings is 1. The summed E-state index contributed by atoms with van der Waals surface area (Å²) >= 11 is 0. The van der Waals surface area contributed by atoms with Crippen molar-refractivity contribution >= 4 is 11.9 Å². The third kappa shape index (κ3) is 6.36. The predicted molar refractivity (Wildman–Crippen MR) is 51.2 cm³/mol. The van der Waals surface area contributed by atoms with Gasteiger partial charge in [0.05, 0.1) is 0 Å². The molecule has 0 heterocycles. The van der Waals surface area contributed by atoms with E-state index in [-0.39, 0.29) is 5.96 Å². The largest absolute Gasteiger partial charge is 0.515 e. The van der Waals surface area contributed by atoms with Gasteiger partial charge in [-0.2, -0.15) is 0 Å². The van der Waals surface area contributed by atoms with Gasteiger partial charge >= 0.3 is 5.97 Å². The first-order chi connectivity index (χ1) is 6.04. The Kier molecular flexibility index (Phi) is 4.71. The standard InChI is InChI=1S/C7H6O2.CH5N3/c8-7(9)6-4-2-1-3-5-6;2-1(3)4/h1-5H,(H,8,9);(H5,2,3,4)/p+1. The molecule has 0 saturated carbocycles. The van der Waals surface area contributed by atoms with Crippen molar-refractivity contribution in [1.82, 2.24) is 0 Å². The van der Waals surface area contributed by atoms with Crippen LogP contribution in [0.1, 0.15) is 5.56 Å². The molecule has 0 unspecified atom stereocenters. The van der Waals surface area contributed by atoms with Crippen LogP contribution < -0.4 is 11.5 Å². The summed E-state index contributed by atoms with van der Waals surface area (Å²) in [7, 11) is 0. The van der Waals surface area contributed by atoms with Crippen LogP contribution in [0.4, 0.5) is 0 Å². The van der Waals surface area contributed by atoms with E-state index in [0.29, 0.717) is 5.56 Å². The van der Waals surface area contributed by atoms with Crippen LogP contribution in [0.25, 0.3) is 0 Å². The molecule has 0 saturated heterocycles. The van der Waals surface area contributed by atoms with Gasteiger partial charge in [-0.25, -0.2) is 0 Å². The molecule has 1 rings (SSSR count). The molecule has 0 fully saturated rings. The van der Waals surface area contributed by atoms with Gasteiger partial charge in [0.2, 0.25) is 0 Å². The number of nitrogens with two attached hydrogens (primary N) is 2. The Morgan fingerprint density at radius 2 is 1.62 bits per heavy atom. The van der Waals surface area contributed by atoms with Gasteiger partial charge in [-0.1, -0.05) is 18.2 Å². The number of guanidine groups is 1. The van der Waals surface area contributed by atoms with Crippen LogP contribution >= 0.6 is 0 Å². The fourth-order valence-corrected chi connectivity index (χ4v) is 0.587. The Morgan fingerprint density at radius 1 is 1.23 bits per heavy atom. The maximum Gasteiger partial charge on any atom is 0.515 e. The lowest BCUT2D eigenvalue weighted by molar-refractivity contribution is 0.463. The monoisotopic (exact) mass is 182 g/mol. The summed E-state index contributed by atoms with van der Waals surface area (Å²) in [6.07, 6.45) is 0. The van der Waals surface area contributed by atoms with Gasteiger partial charge in [-0.15, -0.1) is 0 Å². The Bertz CT molecular complexity index is 281. The molecule has 1 aromatic carbocycles. The predicted octanol–water partition coefficient (Wildman–Crippen LogP) is -0.0663. The summed E-state index contributed by atoms with van der Waals surface area (Å²) in [5.74, 6) is -0.962. The topological polar surface area (TPSA) is 118 Å². The van der Waals surface area contributed by atoms with Crippen molar-refractivity contribution in [2.24, 2.45) is 11.5 Å². The van der Waals surface area contributed by atoms with Crippen molar-refractivity contribution in [1.29, 1.82) is 5.41 Å². The van der Waals surface area contributed by atoms with Gasteiger partial charge in [-0.3, -0.25) is 5.41 Å². The van der Waals surface area contributed by atoms with E-state index in [0.717, 1.165) is 0 Å². The minimum Gasteiger partial charge on any atom is -0.370 e. The Morgan fingerprint density at radius 3 is 1.85 bits per heavy atom. The summed E-state index contributed by atoms with van der Waals surface area (Å²) in [5, 5.41) is 14.6. The third-order valence-electron chi connectivity index (χ3n) is 1.03. The van der Waals surface area contributed by atoms with Crippen molar-refractivity contribution in [2.45, 2.75) is 0 Å². The van der Waals surface area contributed by atoms with Crippen molar-refractivity contribution in [3.8, 4) is 0 Å². The summed E-state index contributed by atoms with van der Waals surface area (Å²) in [6.45, 7) is 0. The van der Waals surface area contributed by atoms with Gasteiger partial charge in [-0.05, 0) is 12.1 Å². The van der Waals surface area contributed by atoms with E-state index in [2.05, 4.69) is 11.5 Å². The van der Waals surface area contributed by atoms with Crippen molar-refractivity contribution in [2.75, 3.05) is 0 Å². The second-order valence-electron chi connectivity index (χ2n) is 2.14. The van der Waals surface area contributed by atoms with Gasteiger partial charge in [0, 0.05) is 0 Å². The van der Waals surface area contributed by atoms with Gasteiger partial charge in [0.15, 0.2) is 5.96 Å². The fraction of sp³-hybridized carbons (Fsp3) is 0. The van der Waals surface area contributed by atoms with Crippen LogP contribution in [-0.2, 0) is 0 Å². The van der Waals surface area contributed by atoms with E-state index >= 15 is 0 Å². The Labute approximate surface area is 75.5 Å². The highest BCUT2D eigenvalue weighted by Gasteiger charge is 2.05. The van der Waals surface area contributed by atoms with E-state index in [1.54, 1.807) is 24.3 Å². The minimum atomic E-state index is -0.629. The number of aliphatic hydroxyl groups excluding tert-OH is 1. The third-order valence-corrected chi connectivity index (χ3v) is 1.03. The normalized spacial score (nSPS) is 8.00. The average Bonchev–Trinajstić information content (AvgIpc) is 2.05. The molecule has 7 N–H and O–H groups in total. The first-order valence-corrected chi connectivity index (χ1v) is 3.44. The van der Waals surface area contributed by atoms with E-state index in [9.17, 15) is 0 Å². The quantitative estimate of drug-likeness (QED) is 0.276. The smallest absolute Gasteiger partial charge is 0.370 e. The number of nitrogens with one attached hydrogen (secondary N) is 1. The fourth-order valence-electron chi connectivity index (χ4n) is 0.587. The first kappa shape index (κ1) is 11.0. The summed E-state index contributed by atoms with van der Waals surface area (Å²) < 4.78 is 0. The molecular weight excluding hydrogens is 170 g/mol. The highest BCUT2D eigenvalue weighted by molar-refractivity contribution is 5.88. The lowest BCUT2D eigenvalue weighted by atomic mass is 10.2. The second kappa shape index (κ2) is 5.59. The summed E-state index contributed by atoms with van der Waals surface area (Å²) in [5.41, 5.74) is 9.39. The average molecular weight is 182 g/mol. The summed E-state index contributed by atoms with van der Waals surface area (Å²) in [4.78, 5) is 8.50. The van der Waals surface area contributed by atoms with E-state index in [1.165, 1.54) is 0 Å². The maximum atomic E-state index is 8.50. The number of hydrogen-bond acceptors (Lipinski definition) is 1. The van der Waals surface area contributed by atoms with Crippen molar-refractivity contribution < 1.29 is 9.90 Å². The second-order valence-corrected chi connectivity index (χ2v) is 2.14. The molecule has 5 heteroatoms. The molecule has 70 valence electrons. The van der Waals surface area contributed by atoms with Crippen molar-refractivity contribution in [3.05, 3.63) is 35.9 Å². The molecule has 0 radical (unpaired) electrons. The first-order valence-electron chi connectivity index (χ1n) is 3.44. The minimum absolute atomic E-state index is 0.333. The lowest BCUT2D eigenvalue weighted by Gasteiger charge is -1.82. The molecule has 0 amide bonds. The molecule has 13 heavy (non-hydrogen) atoms. The molecule has 0 aliphatic rings. The molecule has 5 nitrogen and oxygen atoms in total. The SMILES string of the molecule is N=C(N)N.OC(=[OH+])c1ccccc1. The molecule has 0 spiro atoms. The van der Waals surface area contributed by atoms with Crippen LogP contribution in [0.2, 0.25) is 0 Å². The number of carboxylic acid groups (broad SMARTS) is 1. The molecule has 0 bridgehead atoms. The van der Waals surface area contributed by atoms with E-state index < -0.39 is 5.97 Å². The van der Waals surface area contributed by atoms with Crippen LogP contribution in [0.5, 0.6) is 0 Å². The zero-order valence-electron chi connectivity index (χ0n) is 6.94. The van der Waals surface area contributed by atoms with Crippen LogP contribution in [0.15, 0.2) is 30.3 Å². The van der Waals surface area contributed by atoms with Crippen LogP contribution in [-0.4, -0.2) is 21.8 Å². The molecule has 0 atom stereocenters.